The van der Waals surface area contributed by atoms with Crippen LogP contribution in [-0.2, 0) is 6.42 Å². The molecule has 0 spiro atoms. The van der Waals surface area contributed by atoms with E-state index in [2.05, 4.69) is 27.4 Å². The summed E-state index contributed by atoms with van der Waals surface area (Å²) in [4.78, 5) is 12.9. The van der Waals surface area contributed by atoms with Crippen LogP contribution in [0.25, 0.3) is 10.9 Å². The number of fused-ring (bicyclic) bond motifs is 2. The SMILES string of the molecule is CN=C1Nc2ccccc2C(c2ccccc2F)=N[C@@H]1Cc1c[nH]c2ccccc12. The molecule has 0 fully saturated rings. The van der Waals surface area contributed by atoms with E-state index in [4.69, 9.17) is 4.99 Å². The topological polar surface area (TPSA) is 52.5 Å². The number of halogens is 1. The van der Waals surface area contributed by atoms with Gasteiger partial charge in [-0.3, -0.25) is 9.98 Å². The molecule has 2 N–H and O–H groups in total. The van der Waals surface area contributed by atoms with E-state index in [1.165, 1.54) is 6.07 Å². The summed E-state index contributed by atoms with van der Waals surface area (Å²) < 4.78 is 14.8. The van der Waals surface area contributed by atoms with E-state index in [-0.39, 0.29) is 11.9 Å². The zero-order chi connectivity index (χ0) is 20.5. The monoisotopic (exact) mass is 396 g/mol. The molecule has 0 saturated heterocycles. The first-order valence-corrected chi connectivity index (χ1v) is 9.95. The molecule has 148 valence electrons. The summed E-state index contributed by atoms with van der Waals surface area (Å²) in [6.07, 6.45) is 2.67. The average molecular weight is 396 g/mol. The third-order valence-corrected chi connectivity index (χ3v) is 5.50. The van der Waals surface area contributed by atoms with Crippen LogP contribution in [0.1, 0.15) is 16.7 Å². The lowest BCUT2D eigenvalue weighted by atomic mass is 10.00. The number of amidine groups is 1. The minimum atomic E-state index is -0.284. The molecule has 0 radical (unpaired) electrons. The number of nitrogens with zero attached hydrogens (tertiary/aromatic N) is 2. The number of aromatic amines is 1. The lowest BCUT2D eigenvalue weighted by Gasteiger charge is -2.15. The Labute approximate surface area is 174 Å². The molecule has 0 unspecified atom stereocenters. The number of H-pyrrole nitrogens is 1. The predicted molar refractivity (Wildman–Crippen MR) is 121 cm³/mol. The minimum absolute atomic E-state index is 0.267. The zero-order valence-corrected chi connectivity index (χ0v) is 16.6. The van der Waals surface area contributed by atoms with E-state index in [0.29, 0.717) is 17.7 Å². The largest absolute Gasteiger partial charge is 0.361 e. The van der Waals surface area contributed by atoms with Crippen molar-refractivity contribution in [3.05, 3.63) is 102 Å². The molecular formula is C25H21FN4. The van der Waals surface area contributed by atoms with Crippen molar-refractivity contribution in [2.24, 2.45) is 9.98 Å². The molecule has 4 aromatic rings. The fraction of sp³-hybridized carbons (Fsp3) is 0.120. The lowest BCUT2D eigenvalue weighted by molar-refractivity contribution is 0.625. The van der Waals surface area contributed by atoms with E-state index in [0.717, 1.165) is 33.6 Å². The average Bonchev–Trinajstić information content (AvgIpc) is 3.11. The molecule has 3 aromatic carbocycles. The molecule has 4 nitrogen and oxygen atoms in total. The van der Waals surface area contributed by atoms with Crippen LogP contribution in [0.3, 0.4) is 0 Å². The number of aromatic nitrogens is 1. The molecule has 1 aliphatic heterocycles. The van der Waals surface area contributed by atoms with Crippen molar-refractivity contribution in [1.82, 2.24) is 4.98 Å². The van der Waals surface area contributed by atoms with Crippen molar-refractivity contribution >= 4 is 28.1 Å². The summed E-state index contributed by atoms with van der Waals surface area (Å²) in [6.45, 7) is 0. The lowest BCUT2D eigenvalue weighted by Crippen LogP contribution is -2.28. The molecule has 0 aliphatic carbocycles. The van der Waals surface area contributed by atoms with Crippen molar-refractivity contribution in [3.63, 3.8) is 0 Å². The highest BCUT2D eigenvalue weighted by Crippen LogP contribution is 2.28. The number of hydrogen-bond donors (Lipinski definition) is 2. The number of anilines is 1. The molecule has 0 amide bonds. The van der Waals surface area contributed by atoms with Crippen molar-refractivity contribution in [1.29, 1.82) is 0 Å². The van der Waals surface area contributed by atoms with Gasteiger partial charge in [0.1, 0.15) is 17.7 Å². The Hall–Kier alpha value is -3.73. The molecule has 1 aromatic heterocycles. The minimum Gasteiger partial charge on any atom is -0.361 e. The van der Waals surface area contributed by atoms with Crippen LogP contribution in [0.15, 0.2) is 89.0 Å². The van der Waals surface area contributed by atoms with Gasteiger partial charge < -0.3 is 10.3 Å². The maximum atomic E-state index is 14.8. The van der Waals surface area contributed by atoms with Crippen LogP contribution in [0.2, 0.25) is 0 Å². The Kier molecular flexibility index (Phi) is 4.64. The summed E-state index contributed by atoms with van der Waals surface area (Å²) >= 11 is 0. The van der Waals surface area contributed by atoms with Crippen LogP contribution in [0.4, 0.5) is 10.1 Å². The summed E-state index contributed by atoms with van der Waals surface area (Å²) in [5, 5.41) is 4.61. The second kappa shape index (κ2) is 7.59. The van der Waals surface area contributed by atoms with Gasteiger partial charge in [0.25, 0.3) is 0 Å². The quantitative estimate of drug-likeness (QED) is 0.491. The first kappa shape index (κ1) is 18.3. The highest BCUT2D eigenvalue weighted by Gasteiger charge is 2.26. The van der Waals surface area contributed by atoms with E-state index in [1.807, 2.05) is 48.7 Å². The highest BCUT2D eigenvalue weighted by molar-refractivity contribution is 6.20. The van der Waals surface area contributed by atoms with Crippen LogP contribution in [0.5, 0.6) is 0 Å². The van der Waals surface area contributed by atoms with Crippen LogP contribution in [0, 0.1) is 5.82 Å². The van der Waals surface area contributed by atoms with E-state index >= 15 is 0 Å². The van der Waals surface area contributed by atoms with Gasteiger partial charge in [-0.15, -0.1) is 0 Å². The molecule has 2 heterocycles. The highest BCUT2D eigenvalue weighted by atomic mass is 19.1. The fourth-order valence-corrected chi connectivity index (χ4v) is 4.03. The second-order valence-corrected chi connectivity index (χ2v) is 7.32. The van der Waals surface area contributed by atoms with Crippen molar-refractivity contribution in [2.45, 2.75) is 12.5 Å². The van der Waals surface area contributed by atoms with Crippen molar-refractivity contribution in [2.75, 3.05) is 12.4 Å². The summed E-state index contributed by atoms with van der Waals surface area (Å²) in [7, 11) is 1.76. The van der Waals surface area contributed by atoms with Gasteiger partial charge in [-0.2, -0.15) is 0 Å². The molecule has 1 atom stereocenters. The number of rotatable bonds is 3. The van der Waals surface area contributed by atoms with E-state index in [1.54, 1.807) is 19.2 Å². The number of nitrogens with one attached hydrogen (secondary N) is 2. The van der Waals surface area contributed by atoms with E-state index < -0.39 is 0 Å². The van der Waals surface area contributed by atoms with Gasteiger partial charge in [0.05, 0.1) is 5.71 Å². The molecule has 0 bridgehead atoms. The summed E-state index contributed by atoms with van der Waals surface area (Å²) in [5.41, 5.74) is 5.12. The van der Waals surface area contributed by atoms with Crippen LogP contribution >= 0.6 is 0 Å². The van der Waals surface area contributed by atoms with Gasteiger partial charge in [0.2, 0.25) is 0 Å². The zero-order valence-electron chi connectivity index (χ0n) is 16.6. The number of benzodiazepines with no additional fused rings is 1. The first-order chi connectivity index (χ1) is 14.7. The second-order valence-electron chi connectivity index (χ2n) is 7.32. The molecule has 1 aliphatic rings. The number of para-hydroxylation sites is 2. The third-order valence-electron chi connectivity index (χ3n) is 5.50. The molecule has 0 saturated carbocycles. The third kappa shape index (κ3) is 3.18. The van der Waals surface area contributed by atoms with Gasteiger partial charge in [0, 0.05) is 47.4 Å². The van der Waals surface area contributed by atoms with Gasteiger partial charge in [-0.05, 0) is 29.8 Å². The Balaban J connectivity index is 1.66. The van der Waals surface area contributed by atoms with Crippen molar-refractivity contribution in [3.8, 4) is 0 Å². The predicted octanol–water partition coefficient (Wildman–Crippen LogP) is 5.21. The van der Waals surface area contributed by atoms with Crippen LogP contribution < -0.4 is 5.32 Å². The fourth-order valence-electron chi connectivity index (χ4n) is 4.03. The first-order valence-electron chi connectivity index (χ1n) is 9.95. The van der Waals surface area contributed by atoms with Crippen molar-refractivity contribution < 1.29 is 4.39 Å². The van der Waals surface area contributed by atoms with Crippen LogP contribution in [-0.4, -0.2) is 29.6 Å². The van der Waals surface area contributed by atoms with Gasteiger partial charge in [-0.1, -0.05) is 48.5 Å². The number of hydrogen-bond acceptors (Lipinski definition) is 2. The molecule has 30 heavy (non-hydrogen) atoms. The van der Waals surface area contributed by atoms with Gasteiger partial charge in [0.15, 0.2) is 0 Å². The smallest absolute Gasteiger partial charge is 0.132 e. The molecule has 5 rings (SSSR count). The Morgan fingerprint density at radius 2 is 1.67 bits per heavy atom. The molecule has 5 heteroatoms. The maximum absolute atomic E-state index is 14.8. The number of aliphatic imine (C=N–C) groups is 2. The summed E-state index contributed by atoms with van der Waals surface area (Å²) in [5.74, 6) is 0.479. The Morgan fingerprint density at radius 1 is 0.933 bits per heavy atom. The molecular weight excluding hydrogens is 375 g/mol. The van der Waals surface area contributed by atoms with Gasteiger partial charge >= 0.3 is 0 Å². The Bertz CT molecular complexity index is 1290. The standard InChI is InChI=1S/C25H21FN4/c1-27-25-23(14-16-15-28-21-12-6-3-8-17(16)21)29-24(18-9-2-5-11-20(18)26)19-10-4-7-13-22(19)30-25/h2-13,15,23,28H,14H2,1H3,(H,27,30)/t23-/m1/s1. The Morgan fingerprint density at radius 3 is 2.50 bits per heavy atom. The maximum Gasteiger partial charge on any atom is 0.132 e. The number of benzene rings is 3. The van der Waals surface area contributed by atoms with Gasteiger partial charge in [-0.25, -0.2) is 4.39 Å². The normalized spacial score (nSPS) is 17.3. The summed E-state index contributed by atoms with van der Waals surface area (Å²) in [6, 6.07) is 22.6. The van der Waals surface area contributed by atoms with E-state index in [9.17, 15) is 4.39 Å².